The normalized spacial score (nSPS) is 12.5. The van der Waals surface area contributed by atoms with Crippen molar-refractivity contribution in [2.45, 2.75) is 0 Å². The van der Waals surface area contributed by atoms with E-state index < -0.39 is 11.9 Å². The SMILES string of the molecule is O=C1OC(=O)c2cc(Nc3ccccc3)c(Nc3ccccc3)cc21. The van der Waals surface area contributed by atoms with E-state index in [-0.39, 0.29) is 11.1 Å². The van der Waals surface area contributed by atoms with Gasteiger partial charge in [0.25, 0.3) is 0 Å². The van der Waals surface area contributed by atoms with Gasteiger partial charge in [-0.05, 0) is 36.4 Å². The summed E-state index contributed by atoms with van der Waals surface area (Å²) in [5.41, 5.74) is 3.64. The van der Waals surface area contributed by atoms with Crippen LogP contribution < -0.4 is 10.6 Å². The molecule has 5 nitrogen and oxygen atoms in total. The highest BCUT2D eigenvalue weighted by molar-refractivity contribution is 6.16. The molecule has 2 N–H and O–H groups in total. The van der Waals surface area contributed by atoms with E-state index in [0.717, 1.165) is 11.4 Å². The molecule has 0 aromatic heterocycles. The predicted molar refractivity (Wildman–Crippen MR) is 95.6 cm³/mol. The third kappa shape index (κ3) is 2.95. The first-order chi connectivity index (χ1) is 12.2. The molecule has 0 atom stereocenters. The van der Waals surface area contributed by atoms with Crippen LogP contribution in [-0.2, 0) is 4.74 Å². The lowest BCUT2D eigenvalue weighted by atomic mass is 10.1. The maximum Gasteiger partial charge on any atom is 0.346 e. The van der Waals surface area contributed by atoms with E-state index in [1.807, 2.05) is 60.7 Å². The highest BCUT2D eigenvalue weighted by atomic mass is 16.6. The molecule has 0 bridgehead atoms. The number of hydrogen-bond acceptors (Lipinski definition) is 5. The number of rotatable bonds is 4. The number of fused-ring (bicyclic) bond motifs is 1. The quantitative estimate of drug-likeness (QED) is 0.545. The van der Waals surface area contributed by atoms with Crippen LogP contribution in [0.3, 0.4) is 0 Å². The fourth-order valence-corrected chi connectivity index (χ4v) is 2.69. The molecule has 0 saturated heterocycles. The highest BCUT2D eigenvalue weighted by Crippen LogP contribution is 2.34. The van der Waals surface area contributed by atoms with E-state index in [1.165, 1.54) is 0 Å². The molecular formula is C20H14N2O3. The smallest absolute Gasteiger partial charge is 0.346 e. The van der Waals surface area contributed by atoms with E-state index in [4.69, 9.17) is 4.74 Å². The van der Waals surface area contributed by atoms with Crippen molar-refractivity contribution in [3.05, 3.63) is 83.9 Å². The Bertz CT molecular complexity index is 875. The van der Waals surface area contributed by atoms with Gasteiger partial charge in [0.1, 0.15) is 0 Å². The molecule has 1 aliphatic rings. The Morgan fingerprint density at radius 2 is 1.00 bits per heavy atom. The second-order valence-electron chi connectivity index (χ2n) is 5.60. The van der Waals surface area contributed by atoms with Crippen molar-refractivity contribution in [2.24, 2.45) is 0 Å². The molecular weight excluding hydrogens is 316 g/mol. The molecule has 1 heterocycles. The molecule has 122 valence electrons. The van der Waals surface area contributed by atoms with Crippen LogP contribution in [-0.4, -0.2) is 11.9 Å². The topological polar surface area (TPSA) is 67.4 Å². The number of anilines is 4. The average Bonchev–Trinajstić information content (AvgIpc) is 2.90. The number of benzene rings is 3. The summed E-state index contributed by atoms with van der Waals surface area (Å²) in [5.74, 6) is -1.25. The van der Waals surface area contributed by atoms with Crippen molar-refractivity contribution in [1.29, 1.82) is 0 Å². The number of carbonyl (C=O) groups excluding carboxylic acids is 2. The summed E-state index contributed by atoms with van der Waals surface area (Å²) in [7, 11) is 0. The summed E-state index contributed by atoms with van der Waals surface area (Å²) in [4.78, 5) is 23.7. The Labute approximate surface area is 144 Å². The molecule has 0 spiro atoms. The highest BCUT2D eigenvalue weighted by Gasteiger charge is 2.31. The van der Waals surface area contributed by atoms with Gasteiger partial charge in [-0.25, -0.2) is 9.59 Å². The largest absolute Gasteiger partial charge is 0.386 e. The van der Waals surface area contributed by atoms with Crippen LogP contribution in [0.5, 0.6) is 0 Å². The second kappa shape index (κ2) is 6.13. The monoisotopic (exact) mass is 330 g/mol. The fourth-order valence-electron chi connectivity index (χ4n) is 2.69. The lowest BCUT2D eigenvalue weighted by Crippen LogP contribution is -2.01. The van der Waals surface area contributed by atoms with Gasteiger partial charge < -0.3 is 15.4 Å². The lowest BCUT2D eigenvalue weighted by Gasteiger charge is -2.15. The molecule has 0 amide bonds. The zero-order chi connectivity index (χ0) is 17.2. The van der Waals surface area contributed by atoms with Crippen LogP contribution in [0.1, 0.15) is 20.7 Å². The molecule has 4 rings (SSSR count). The van der Waals surface area contributed by atoms with Crippen LogP contribution in [0.4, 0.5) is 22.7 Å². The van der Waals surface area contributed by atoms with Crippen LogP contribution in [0.2, 0.25) is 0 Å². The molecule has 0 aliphatic carbocycles. The maximum absolute atomic E-state index is 11.9. The first kappa shape index (κ1) is 15.0. The molecule has 3 aromatic rings. The van der Waals surface area contributed by atoms with Crippen LogP contribution in [0, 0.1) is 0 Å². The molecule has 0 radical (unpaired) electrons. The number of cyclic esters (lactones) is 2. The van der Waals surface area contributed by atoms with E-state index in [0.29, 0.717) is 11.4 Å². The number of hydrogen-bond donors (Lipinski definition) is 2. The van der Waals surface area contributed by atoms with Crippen LogP contribution >= 0.6 is 0 Å². The standard InChI is InChI=1S/C20H14N2O3/c23-19-15-11-17(21-13-7-3-1-4-8-13)18(12-16(15)20(24)25-19)22-14-9-5-2-6-10-14/h1-12,21-22H. The van der Waals surface area contributed by atoms with Crippen molar-refractivity contribution in [3.8, 4) is 0 Å². The molecule has 0 fully saturated rings. The van der Waals surface area contributed by atoms with Crippen molar-refractivity contribution < 1.29 is 14.3 Å². The maximum atomic E-state index is 11.9. The van der Waals surface area contributed by atoms with Crippen molar-refractivity contribution >= 4 is 34.7 Å². The first-order valence-electron chi connectivity index (χ1n) is 7.79. The zero-order valence-electron chi connectivity index (χ0n) is 13.2. The Hall–Kier alpha value is -3.60. The summed E-state index contributed by atoms with van der Waals surface area (Å²) in [6, 6.07) is 22.5. The first-order valence-corrected chi connectivity index (χ1v) is 7.79. The number of para-hydroxylation sites is 2. The molecule has 5 heteroatoms. The summed E-state index contributed by atoms with van der Waals surface area (Å²) in [5, 5.41) is 6.55. The molecule has 0 unspecified atom stereocenters. The van der Waals surface area contributed by atoms with Gasteiger partial charge >= 0.3 is 11.9 Å². The third-order valence-electron chi connectivity index (χ3n) is 3.89. The van der Waals surface area contributed by atoms with E-state index >= 15 is 0 Å². The van der Waals surface area contributed by atoms with Gasteiger partial charge in [0.15, 0.2) is 0 Å². The summed E-state index contributed by atoms with van der Waals surface area (Å²) >= 11 is 0. The molecule has 25 heavy (non-hydrogen) atoms. The minimum absolute atomic E-state index is 0.266. The summed E-state index contributed by atoms with van der Waals surface area (Å²) in [6.45, 7) is 0. The van der Waals surface area contributed by atoms with Gasteiger partial charge in [-0.3, -0.25) is 0 Å². The summed E-state index contributed by atoms with van der Waals surface area (Å²) < 4.78 is 4.71. The Kier molecular flexibility index (Phi) is 3.67. The lowest BCUT2D eigenvalue weighted by molar-refractivity contribution is 0.0444. The van der Waals surface area contributed by atoms with E-state index in [2.05, 4.69) is 10.6 Å². The van der Waals surface area contributed by atoms with Gasteiger partial charge in [0.2, 0.25) is 0 Å². The minimum Gasteiger partial charge on any atom is -0.386 e. The van der Waals surface area contributed by atoms with Gasteiger partial charge in [0.05, 0.1) is 22.5 Å². The van der Waals surface area contributed by atoms with Crippen LogP contribution in [0.15, 0.2) is 72.8 Å². The summed E-state index contributed by atoms with van der Waals surface area (Å²) in [6.07, 6.45) is 0. The van der Waals surface area contributed by atoms with Crippen LogP contribution in [0.25, 0.3) is 0 Å². The minimum atomic E-state index is -0.623. The van der Waals surface area contributed by atoms with Gasteiger partial charge in [-0.2, -0.15) is 0 Å². The number of esters is 2. The van der Waals surface area contributed by atoms with Gasteiger partial charge in [0, 0.05) is 11.4 Å². The Morgan fingerprint density at radius 1 is 0.600 bits per heavy atom. The van der Waals surface area contributed by atoms with Gasteiger partial charge in [-0.15, -0.1) is 0 Å². The molecule has 1 aliphatic heterocycles. The predicted octanol–water partition coefficient (Wildman–Crippen LogP) is 4.48. The number of ether oxygens (including phenoxy) is 1. The fraction of sp³-hybridized carbons (Fsp3) is 0. The van der Waals surface area contributed by atoms with E-state index in [1.54, 1.807) is 12.1 Å². The van der Waals surface area contributed by atoms with E-state index in [9.17, 15) is 9.59 Å². The number of nitrogens with one attached hydrogen (secondary N) is 2. The van der Waals surface area contributed by atoms with Crippen molar-refractivity contribution in [3.63, 3.8) is 0 Å². The van der Waals surface area contributed by atoms with Gasteiger partial charge in [-0.1, -0.05) is 36.4 Å². The Balaban J connectivity index is 1.78. The third-order valence-corrected chi connectivity index (χ3v) is 3.89. The van der Waals surface area contributed by atoms with Crippen molar-refractivity contribution in [2.75, 3.05) is 10.6 Å². The number of carbonyl (C=O) groups is 2. The van der Waals surface area contributed by atoms with Crippen molar-refractivity contribution in [1.82, 2.24) is 0 Å². The zero-order valence-corrected chi connectivity index (χ0v) is 13.2. The molecule has 0 saturated carbocycles. The Morgan fingerprint density at radius 3 is 1.40 bits per heavy atom. The average molecular weight is 330 g/mol. The second-order valence-corrected chi connectivity index (χ2v) is 5.60. The molecule has 3 aromatic carbocycles.